The van der Waals surface area contributed by atoms with Gasteiger partial charge in [0.2, 0.25) is 0 Å². The van der Waals surface area contributed by atoms with E-state index < -0.39 is 22.5 Å². The second kappa shape index (κ2) is 11.1. The quantitative estimate of drug-likeness (QED) is 0.255. The van der Waals surface area contributed by atoms with Crippen molar-refractivity contribution in [3.63, 3.8) is 0 Å². The Morgan fingerprint density at radius 3 is 2.72 bits per heavy atom. The van der Waals surface area contributed by atoms with Crippen LogP contribution in [0.3, 0.4) is 0 Å². The molecular weight excluding hydrogens is 544 g/mol. The smallest absolute Gasteiger partial charge is 0.338 e. The highest BCUT2D eigenvalue weighted by atomic mass is 35.5. The standard InChI is InChI=1S/C27H25ClN4O6S/c1-3-38-26(34)23-16(2)29-27-31(24(23)18-6-4-5-7-19(18)28)25(33)22(39-27)15-17-8-9-20(21(14-17)32(35)36)30-10-12-37-13-11-30/h4-9,14-15,24H,3,10-13H2,1-2H3/b22-15+/t24-/m0/s1. The van der Waals surface area contributed by atoms with Crippen LogP contribution >= 0.6 is 22.9 Å². The van der Waals surface area contributed by atoms with Gasteiger partial charge in [-0.25, -0.2) is 9.79 Å². The molecule has 39 heavy (non-hydrogen) atoms. The van der Waals surface area contributed by atoms with Crippen LogP contribution in [0.25, 0.3) is 6.08 Å². The summed E-state index contributed by atoms with van der Waals surface area (Å²) < 4.78 is 12.4. The van der Waals surface area contributed by atoms with E-state index in [0.29, 0.717) is 63.2 Å². The summed E-state index contributed by atoms with van der Waals surface area (Å²) in [6.45, 7) is 5.68. The monoisotopic (exact) mass is 568 g/mol. The van der Waals surface area contributed by atoms with Crippen molar-refractivity contribution >= 4 is 46.4 Å². The number of nitro benzene ring substituents is 1. The molecule has 1 aromatic heterocycles. The third-order valence-corrected chi connectivity index (χ3v) is 7.89. The molecule has 12 heteroatoms. The minimum absolute atomic E-state index is 0.0483. The molecule has 1 fully saturated rings. The number of morpholine rings is 1. The Balaban J connectivity index is 1.65. The number of hydrogen-bond donors (Lipinski definition) is 0. The highest BCUT2D eigenvalue weighted by molar-refractivity contribution is 7.07. The molecule has 2 aromatic carbocycles. The van der Waals surface area contributed by atoms with Crippen molar-refractivity contribution in [3.05, 3.63) is 99.7 Å². The van der Waals surface area contributed by atoms with Gasteiger partial charge in [-0.1, -0.05) is 47.2 Å². The lowest BCUT2D eigenvalue weighted by Crippen LogP contribution is -2.40. The molecular formula is C27H25ClN4O6S. The Kier molecular flexibility index (Phi) is 7.65. The Bertz CT molecular complexity index is 1670. The average molecular weight is 569 g/mol. The van der Waals surface area contributed by atoms with E-state index in [-0.39, 0.29) is 17.9 Å². The molecule has 10 nitrogen and oxygen atoms in total. The molecule has 1 atom stereocenters. The fraction of sp³-hybridized carbons (Fsp3) is 0.296. The van der Waals surface area contributed by atoms with Crippen LogP contribution < -0.4 is 19.8 Å². The van der Waals surface area contributed by atoms with E-state index in [2.05, 4.69) is 4.99 Å². The third kappa shape index (κ3) is 5.12. The van der Waals surface area contributed by atoms with Gasteiger partial charge in [0.15, 0.2) is 4.80 Å². The molecule has 0 spiro atoms. The number of allylic oxidation sites excluding steroid dienone is 1. The largest absolute Gasteiger partial charge is 0.463 e. The molecule has 0 aliphatic carbocycles. The summed E-state index contributed by atoms with van der Waals surface area (Å²) in [5, 5.41) is 12.3. The Hall–Kier alpha value is -3.80. The van der Waals surface area contributed by atoms with E-state index in [1.807, 2.05) is 4.90 Å². The molecule has 2 aliphatic heterocycles. The maximum Gasteiger partial charge on any atom is 0.338 e. The van der Waals surface area contributed by atoms with Gasteiger partial charge in [-0.3, -0.25) is 19.5 Å². The van der Waals surface area contributed by atoms with Crippen molar-refractivity contribution in [2.45, 2.75) is 19.9 Å². The first-order chi connectivity index (χ1) is 18.8. The summed E-state index contributed by atoms with van der Waals surface area (Å²) >= 11 is 7.67. The molecule has 0 radical (unpaired) electrons. The van der Waals surface area contributed by atoms with Crippen molar-refractivity contribution < 1.29 is 19.2 Å². The number of anilines is 1. The van der Waals surface area contributed by atoms with Gasteiger partial charge >= 0.3 is 5.97 Å². The molecule has 0 unspecified atom stereocenters. The number of fused-ring (bicyclic) bond motifs is 1. The number of hydrogen-bond acceptors (Lipinski definition) is 9. The number of carbonyl (C=O) groups excluding carboxylic acids is 1. The van der Waals surface area contributed by atoms with Crippen LogP contribution in [-0.2, 0) is 14.3 Å². The number of halogens is 1. The number of benzene rings is 2. The van der Waals surface area contributed by atoms with Gasteiger partial charge in [-0.15, -0.1) is 0 Å². The molecule has 3 heterocycles. The minimum atomic E-state index is -0.839. The van der Waals surface area contributed by atoms with Gasteiger partial charge in [0.1, 0.15) is 11.7 Å². The van der Waals surface area contributed by atoms with E-state index >= 15 is 0 Å². The summed E-state index contributed by atoms with van der Waals surface area (Å²) in [6, 6.07) is 11.1. The van der Waals surface area contributed by atoms with Crippen LogP contribution in [-0.4, -0.2) is 48.4 Å². The SMILES string of the molecule is CCOC(=O)C1=C(C)N=c2s/c(=C/c3ccc(N4CCOCC4)c([N+](=O)[O-])c3)c(=O)n2[C@H]1c1ccccc1Cl. The molecule has 0 amide bonds. The zero-order valence-corrected chi connectivity index (χ0v) is 22.8. The number of esters is 1. The number of nitro groups is 1. The summed E-state index contributed by atoms with van der Waals surface area (Å²) in [6.07, 6.45) is 1.60. The molecule has 5 rings (SSSR count). The lowest BCUT2D eigenvalue weighted by Gasteiger charge is -2.28. The second-order valence-corrected chi connectivity index (χ2v) is 10.3. The zero-order chi connectivity index (χ0) is 27.7. The van der Waals surface area contributed by atoms with Crippen LogP contribution in [0.2, 0.25) is 5.02 Å². The number of aromatic nitrogens is 1. The molecule has 0 bridgehead atoms. The van der Waals surface area contributed by atoms with Crippen LogP contribution in [0.4, 0.5) is 11.4 Å². The van der Waals surface area contributed by atoms with E-state index in [1.54, 1.807) is 56.3 Å². The first-order valence-electron chi connectivity index (χ1n) is 12.4. The van der Waals surface area contributed by atoms with E-state index in [9.17, 15) is 19.7 Å². The Morgan fingerprint density at radius 2 is 2.03 bits per heavy atom. The van der Waals surface area contributed by atoms with Crippen molar-refractivity contribution in [1.29, 1.82) is 0 Å². The first-order valence-corrected chi connectivity index (χ1v) is 13.5. The van der Waals surface area contributed by atoms with Crippen LogP contribution in [0.5, 0.6) is 0 Å². The second-order valence-electron chi connectivity index (χ2n) is 8.93. The highest BCUT2D eigenvalue weighted by Gasteiger charge is 2.34. The van der Waals surface area contributed by atoms with E-state index in [0.717, 1.165) is 11.3 Å². The van der Waals surface area contributed by atoms with E-state index in [4.69, 9.17) is 21.1 Å². The average Bonchev–Trinajstić information content (AvgIpc) is 3.22. The number of nitrogens with zero attached hydrogens (tertiary/aromatic N) is 4. The minimum Gasteiger partial charge on any atom is -0.463 e. The molecule has 0 N–H and O–H groups in total. The fourth-order valence-corrected chi connectivity index (χ4v) is 6.07. The van der Waals surface area contributed by atoms with E-state index in [1.165, 1.54) is 10.6 Å². The van der Waals surface area contributed by atoms with Crippen LogP contribution in [0.1, 0.15) is 31.0 Å². The normalized spacial score (nSPS) is 17.6. The molecule has 2 aliphatic rings. The predicted molar refractivity (Wildman–Crippen MR) is 148 cm³/mol. The number of thiazole rings is 1. The molecule has 3 aromatic rings. The number of carbonyl (C=O) groups is 1. The Labute approximate surface area is 232 Å². The van der Waals surface area contributed by atoms with Crippen LogP contribution in [0.15, 0.2) is 63.5 Å². The van der Waals surface area contributed by atoms with Gasteiger partial charge in [-0.2, -0.15) is 0 Å². The van der Waals surface area contributed by atoms with Crippen LogP contribution in [0, 0.1) is 10.1 Å². The number of ether oxygens (including phenoxy) is 2. The lowest BCUT2D eigenvalue weighted by molar-refractivity contribution is -0.384. The van der Waals surface area contributed by atoms with Crippen molar-refractivity contribution in [1.82, 2.24) is 4.57 Å². The van der Waals surface area contributed by atoms with Crippen molar-refractivity contribution in [2.24, 2.45) is 4.99 Å². The topological polar surface area (TPSA) is 116 Å². The fourth-order valence-electron chi connectivity index (χ4n) is 4.78. The van der Waals surface area contributed by atoms with Crippen molar-refractivity contribution in [2.75, 3.05) is 37.8 Å². The van der Waals surface area contributed by atoms with Gasteiger partial charge in [-0.05, 0) is 43.2 Å². The van der Waals surface area contributed by atoms with Gasteiger partial charge in [0, 0.05) is 24.2 Å². The van der Waals surface area contributed by atoms with Gasteiger partial charge < -0.3 is 14.4 Å². The molecule has 202 valence electrons. The first kappa shape index (κ1) is 26.8. The van der Waals surface area contributed by atoms with Gasteiger partial charge in [0.25, 0.3) is 11.2 Å². The lowest BCUT2D eigenvalue weighted by atomic mass is 9.96. The maximum atomic E-state index is 13.8. The summed E-state index contributed by atoms with van der Waals surface area (Å²) in [4.78, 5) is 45.1. The third-order valence-electron chi connectivity index (χ3n) is 6.56. The summed E-state index contributed by atoms with van der Waals surface area (Å²) in [5.41, 5.74) is 1.79. The number of rotatable bonds is 6. The Morgan fingerprint density at radius 1 is 1.28 bits per heavy atom. The highest BCUT2D eigenvalue weighted by Crippen LogP contribution is 2.34. The molecule has 1 saturated heterocycles. The predicted octanol–water partition coefficient (Wildman–Crippen LogP) is 3.20. The van der Waals surface area contributed by atoms with Crippen molar-refractivity contribution in [3.8, 4) is 0 Å². The zero-order valence-electron chi connectivity index (χ0n) is 21.3. The van der Waals surface area contributed by atoms with Gasteiger partial charge in [0.05, 0.1) is 40.5 Å². The summed E-state index contributed by atoms with van der Waals surface area (Å²) in [5.74, 6) is -0.577. The maximum absolute atomic E-state index is 13.8. The molecule has 0 saturated carbocycles. The summed E-state index contributed by atoms with van der Waals surface area (Å²) in [7, 11) is 0.